The molecule has 3 aromatic rings. The molecule has 2 aromatic carbocycles. The lowest BCUT2D eigenvalue weighted by atomic mass is 10.2. The molecule has 0 aliphatic carbocycles. The molecular formula is C16H11BrClN3O2. The number of halogens is 2. The van der Waals surface area contributed by atoms with Crippen LogP contribution in [0.25, 0.3) is 11.5 Å². The number of nitrogens with one attached hydrogen (secondary N) is 1. The molecule has 0 bridgehead atoms. The van der Waals surface area contributed by atoms with E-state index in [0.717, 1.165) is 10.0 Å². The van der Waals surface area contributed by atoms with Crippen molar-refractivity contribution in [2.45, 2.75) is 6.54 Å². The highest BCUT2D eigenvalue weighted by atomic mass is 79.9. The maximum Gasteiger partial charge on any atom is 0.251 e. The third-order valence-corrected chi connectivity index (χ3v) is 3.85. The van der Waals surface area contributed by atoms with Crippen LogP contribution in [0.2, 0.25) is 5.02 Å². The number of rotatable bonds is 4. The third kappa shape index (κ3) is 3.97. The van der Waals surface area contributed by atoms with Crippen LogP contribution in [-0.4, -0.2) is 16.1 Å². The van der Waals surface area contributed by atoms with Crippen molar-refractivity contribution in [1.82, 2.24) is 15.5 Å². The van der Waals surface area contributed by atoms with Crippen LogP contribution in [0.15, 0.2) is 57.4 Å². The Kier molecular flexibility index (Phi) is 4.73. The lowest BCUT2D eigenvalue weighted by Crippen LogP contribution is -2.22. The largest absolute Gasteiger partial charge is 0.419 e. The van der Waals surface area contributed by atoms with E-state index in [1.807, 2.05) is 0 Å². The smallest absolute Gasteiger partial charge is 0.251 e. The van der Waals surface area contributed by atoms with E-state index in [1.165, 1.54) is 0 Å². The van der Waals surface area contributed by atoms with E-state index >= 15 is 0 Å². The molecule has 5 nitrogen and oxygen atoms in total. The molecule has 0 fully saturated rings. The summed E-state index contributed by atoms with van der Waals surface area (Å²) >= 11 is 9.17. The van der Waals surface area contributed by atoms with Crippen molar-refractivity contribution >= 4 is 33.4 Å². The van der Waals surface area contributed by atoms with Gasteiger partial charge in [0, 0.05) is 20.6 Å². The minimum Gasteiger partial charge on any atom is -0.419 e. The van der Waals surface area contributed by atoms with Gasteiger partial charge >= 0.3 is 0 Å². The molecule has 0 unspecified atom stereocenters. The number of carbonyl (C=O) groups is 1. The molecule has 1 aromatic heterocycles. The summed E-state index contributed by atoms with van der Waals surface area (Å²) in [6.45, 7) is 0.162. The molecule has 1 amide bonds. The first-order valence-electron chi connectivity index (χ1n) is 6.74. The Morgan fingerprint density at radius 3 is 2.48 bits per heavy atom. The fourth-order valence-corrected chi connectivity index (χ4v) is 2.28. The Balaban J connectivity index is 1.64. The Morgan fingerprint density at radius 2 is 1.78 bits per heavy atom. The summed E-state index contributed by atoms with van der Waals surface area (Å²) in [5.41, 5.74) is 1.33. The Hall–Kier alpha value is -2.18. The normalized spacial score (nSPS) is 10.5. The fourth-order valence-electron chi connectivity index (χ4n) is 1.89. The zero-order chi connectivity index (χ0) is 16.2. The van der Waals surface area contributed by atoms with Gasteiger partial charge in [-0.15, -0.1) is 10.2 Å². The van der Waals surface area contributed by atoms with E-state index in [0.29, 0.717) is 22.4 Å². The van der Waals surface area contributed by atoms with Crippen molar-refractivity contribution in [2.24, 2.45) is 0 Å². The summed E-state index contributed by atoms with van der Waals surface area (Å²) in [5, 5.41) is 11.3. The molecule has 7 heteroatoms. The first kappa shape index (κ1) is 15.7. The zero-order valence-corrected chi connectivity index (χ0v) is 14.1. The number of aromatic nitrogens is 2. The second-order valence-corrected chi connectivity index (χ2v) is 6.05. The lowest BCUT2D eigenvalue weighted by molar-refractivity contribution is 0.0947. The summed E-state index contributed by atoms with van der Waals surface area (Å²) in [6.07, 6.45) is 0. The lowest BCUT2D eigenvalue weighted by Gasteiger charge is -2.02. The number of nitrogens with zero attached hydrogens (tertiary/aromatic N) is 2. The second-order valence-electron chi connectivity index (χ2n) is 4.70. The van der Waals surface area contributed by atoms with Crippen molar-refractivity contribution in [3.05, 3.63) is 69.5 Å². The van der Waals surface area contributed by atoms with E-state index in [2.05, 4.69) is 31.4 Å². The average Bonchev–Trinajstić information content (AvgIpc) is 3.03. The summed E-state index contributed by atoms with van der Waals surface area (Å²) in [6, 6.07) is 14.1. The SMILES string of the molecule is O=C(NCc1nnc(-c2ccc(Cl)cc2)o1)c1ccc(Br)cc1. The molecule has 0 radical (unpaired) electrons. The van der Waals surface area contributed by atoms with E-state index in [-0.39, 0.29) is 12.5 Å². The summed E-state index contributed by atoms with van der Waals surface area (Å²) in [7, 11) is 0. The van der Waals surface area contributed by atoms with Crippen molar-refractivity contribution in [3.8, 4) is 11.5 Å². The van der Waals surface area contributed by atoms with E-state index < -0.39 is 0 Å². The van der Waals surface area contributed by atoms with Crippen LogP contribution < -0.4 is 5.32 Å². The average molecular weight is 393 g/mol. The Morgan fingerprint density at radius 1 is 1.09 bits per heavy atom. The molecule has 1 heterocycles. The minimum atomic E-state index is -0.205. The van der Waals surface area contributed by atoms with Gasteiger partial charge in [-0.2, -0.15) is 0 Å². The van der Waals surface area contributed by atoms with Gasteiger partial charge in [0.05, 0.1) is 6.54 Å². The van der Waals surface area contributed by atoms with Crippen LogP contribution >= 0.6 is 27.5 Å². The number of benzene rings is 2. The quantitative estimate of drug-likeness (QED) is 0.726. The Bertz CT molecular complexity index is 816. The molecule has 23 heavy (non-hydrogen) atoms. The molecule has 0 atom stereocenters. The van der Waals surface area contributed by atoms with Crippen molar-refractivity contribution in [3.63, 3.8) is 0 Å². The summed E-state index contributed by atoms with van der Waals surface area (Å²) in [5.74, 6) is 0.513. The van der Waals surface area contributed by atoms with E-state index in [1.54, 1.807) is 48.5 Å². The van der Waals surface area contributed by atoms with Crippen LogP contribution in [0, 0.1) is 0 Å². The van der Waals surface area contributed by atoms with Gasteiger partial charge in [0.15, 0.2) is 0 Å². The van der Waals surface area contributed by atoms with Gasteiger partial charge < -0.3 is 9.73 Å². The summed E-state index contributed by atoms with van der Waals surface area (Å²) in [4.78, 5) is 12.0. The second kappa shape index (κ2) is 6.93. The van der Waals surface area contributed by atoms with Crippen molar-refractivity contribution in [2.75, 3.05) is 0 Å². The molecule has 3 rings (SSSR count). The van der Waals surface area contributed by atoms with Crippen LogP contribution in [0.5, 0.6) is 0 Å². The summed E-state index contributed by atoms with van der Waals surface area (Å²) < 4.78 is 6.44. The van der Waals surface area contributed by atoms with E-state index in [9.17, 15) is 4.79 Å². The minimum absolute atomic E-state index is 0.162. The van der Waals surface area contributed by atoms with Gasteiger partial charge in [0.1, 0.15) is 0 Å². The van der Waals surface area contributed by atoms with Gasteiger partial charge in [-0.3, -0.25) is 4.79 Å². The molecule has 0 saturated heterocycles. The highest BCUT2D eigenvalue weighted by molar-refractivity contribution is 9.10. The van der Waals surface area contributed by atoms with E-state index in [4.69, 9.17) is 16.0 Å². The predicted molar refractivity (Wildman–Crippen MR) is 90.1 cm³/mol. The number of amides is 1. The van der Waals surface area contributed by atoms with Crippen molar-refractivity contribution < 1.29 is 9.21 Å². The van der Waals surface area contributed by atoms with Gasteiger partial charge in [-0.05, 0) is 48.5 Å². The molecule has 0 aliphatic rings. The molecule has 0 spiro atoms. The monoisotopic (exact) mass is 391 g/mol. The first-order chi connectivity index (χ1) is 11.1. The fraction of sp³-hybridized carbons (Fsp3) is 0.0625. The molecular weight excluding hydrogens is 382 g/mol. The van der Waals surface area contributed by atoms with Crippen LogP contribution in [-0.2, 0) is 6.54 Å². The highest BCUT2D eigenvalue weighted by Gasteiger charge is 2.10. The molecule has 0 saturated carbocycles. The maximum absolute atomic E-state index is 12.0. The van der Waals surface area contributed by atoms with Gasteiger partial charge in [-0.25, -0.2) is 0 Å². The first-order valence-corrected chi connectivity index (χ1v) is 7.91. The van der Waals surface area contributed by atoms with Gasteiger partial charge in [0.2, 0.25) is 11.8 Å². The van der Waals surface area contributed by atoms with Gasteiger partial charge in [-0.1, -0.05) is 27.5 Å². The van der Waals surface area contributed by atoms with Gasteiger partial charge in [0.25, 0.3) is 5.91 Å². The molecule has 1 N–H and O–H groups in total. The van der Waals surface area contributed by atoms with Crippen LogP contribution in [0.1, 0.15) is 16.2 Å². The number of hydrogen-bond acceptors (Lipinski definition) is 4. The Labute approximate surface area is 145 Å². The molecule has 0 aliphatic heterocycles. The van der Waals surface area contributed by atoms with Crippen LogP contribution in [0.3, 0.4) is 0 Å². The highest BCUT2D eigenvalue weighted by Crippen LogP contribution is 2.20. The zero-order valence-electron chi connectivity index (χ0n) is 11.8. The standard InChI is InChI=1S/C16H11BrClN3O2/c17-12-5-1-10(2-6-12)15(22)19-9-14-20-21-16(23-14)11-3-7-13(18)8-4-11/h1-8H,9H2,(H,19,22). The predicted octanol–water partition coefficient (Wildman–Crippen LogP) is 4.08. The maximum atomic E-state index is 12.0. The van der Waals surface area contributed by atoms with Crippen LogP contribution in [0.4, 0.5) is 0 Å². The topological polar surface area (TPSA) is 68.0 Å². The number of carbonyl (C=O) groups excluding carboxylic acids is 1. The molecule has 116 valence electrons. The third-order valence-electron chi connectivity index (χ3n) is 3.06. The number of hydrogen-bond donors (Lipinski definition) is 1. The van der Waals surface area contributed by atoms with Crippen molar-refractivity contribution in [1.29, 1.82) is 0 Å².